The highest BCUT2D eigenvalue weighted by molar-refractivity contribution is 7.09. The molecule has 0 unspecified atom stereocenters. The molecule has 2 amide bonds. The Hall–Kier alpha value is -2.66. The van der Waals surface area contributed by atoms with Gasteiger partial charge in [-0.3, -0.25) is 0 Å². The highest BCUT2D eigenvalue weighted by Crippen LogP contribution is 2.24. The van der Waals surface area contributed by atoms with E-state index in [1.807, 2.05) is 68.6 Å². The summed E-state index contributed by atoms with van der Waals surface area (Å²) in [6, 6.07) is 13.4. The van der Waals surface area contributed by atoms with E-state index in [0.29, 0.717) is 0 Å². The zero-order valence-electron chi connectivity index (χ0n) is 13.9. The average molecular weight is 337 g/mol. The summed E-state index contributed by atoms with van der Waals surface area (Å²) in [5.41, 5.74) is 5.67. The van der Waals surface area contributed by atoms with Gasteiger partial charge in [0, 0.05) is 22.3 Å². The first-order valence-electron chi connectivity index (χ1n) is 7.69. The van der Waals surface area contributed by atoms with Gasteiger partial charge in [0.25, 0.3) is 0 Å². The van der Waals surface area contributed by atoms with Crippen molar-refractivity contribution in [3.63, 3.8) is 0 Å². The molecule has 0 aliphatic carbocycles. The molecular weight excluding hydrogens is 318 g/mol. The maximum absolute atomic E-state index is 12.2. The van der Waals surface area contributed by atoms with Crippen LogP contribution in [0, 0.1) is 20.8 Å². The van der Waals surface area contributed by atoms with Crippen LogP contribution in [0.5, 0.6) is 0 Å². The van der Waals surface area contributed by atoms with Crippen LogP contribution in [-0.4, -0.2) is 11.0 Å². The number of thiazole rings is 1. The van der Waals surface area contributed by atoms with Gasteiger partial charge in [-0.25, -0.2) is 9.78 Å². The van der Waals surface area contributed by atoms with Crippen molar-refractivity contribution in [1.82, 2.24) is 4.98 Å². The SMILES string of the molecule is Cc1ccc(NC(=O)Nc2cccc(-c3csc(C)n3)c2)c(C)c1. The number of hydrogen-bond acceptors (Lipinski definition) is 3. The normalized spacial score (nSPS) is 10.5. The van der Waals surface area contributed by atoms with Gasteiger partial charge in [0.1, 0.15) is 0 Å². The van der Waals surface area contributed by atoms with E-state index in [-0.39, 0.29) is 6.03 Å². The first-order valence-corrected chi connectivity index (χ1v) is 8.57. The molecule has 2 aromatic carbocycles. The van der Waals surface area contributed by atoms with Crippen LogP contribution in [0.25, 0.3) is 11.3 Å². The largest absolute Gasteiger partial charge is 0.323 e. The van der Waals surface area contributed by atoms with Crippen LogP contribution >= 0.6 is 11.3 Å². The van der Waals surface area contributed by atoms with Crippen LogP contribution in [0.4, 0.5) is 16.2 Å². The predicted molar refractivity (Wildman–Crippen MR) is 101 cm³/mol. The molecule has 0 fully saturated rings. The van der Waals surface area contributed by atoms with Crippen LogP contribution in [0.15, 0.2) is 47.8 Å². The summed E-state index contributed by atoms with van der Waals surface area (Å²) in [5, 5.41) is 8.80. The Morgan fingerprint density at radius 1 is 1.04 bits per heavy atom. The van der Waals surface area contributed by atoms with Crippen LogP contribution in [0.2, 0.25) is 0 Å². The van der Waals surface area contributed by atoms with E-state index >= 15 is 0 Å². The summed E-state index contributed by atoms with van der Waals surface area (Å²) < 4.78 is 0. The molecule has 0 saturated carbocycles. The number of urea groups is 1. The predicted octanol–water partition coefficient (Wildman–Crippen LogP) is 5.38. The molecule has 0 radical (unpaired) electrons. The maximum atomic E-state index is 12.2. The minimum atomic E-state index is -0.256. The second-order valence-electron chi connectivity index (χ2n) is 5.73. The zero-order valence-corrected chi connectivity index (χ0v) is 14.7. The molecule has 0 saturated heterocycles. The molecular formula is C19H19N3OS. The minimum Gasteiger partial charge on any atom is -0.308 e. The lowest BCUT2D eigenvalue weighted by molar-refractivity contribution is 0.262. The summed E-state index contributed by atoms with van der Waals surface area (Å²) in [6.45, 7) is 5.99. The van der Waals surface area contributed by atoms with Gasteiger partial charge in [-0.1, -0.05) is 29.8 Å². The molecule has 0 bridgehead atoms. The number of anilines is 2. The molecule has 0 aliphatic heterocycles. The Bertz CT molecular complexity index is 886. The van der Waals surface area contributed by atoms with Crippen molar-refractivity contribution in [2.75, 3.05) is 10.6 Å². The Balaban J connectivity index is 1.72. The summed E-state index contributed by atoms with van der Waals surface area (Å²) in [7, 11) is 0. The van der Waals surface area contributed by atoms with Crippen molar-refractivity contribution in [2.45, 2.75) is 20.8 Å². The fourth-order valence-electron chi connectivity index (χ4n) is 2.49. The lowest BCUT2D eigenvalue weighted by atomic mass is 10.1. The molecule has 2 N–H and O–H groups in total. The number of nitrogens with zero attached hydrogens (tertiary/aromatic N) is 1. The quantitative estimate of drug-likeness (QED) is 0.674. The Morgan fingerprint density at radius 2 is 1.88 bits per heavy atom. The number of hydrogen-bond donors (Lipinski definition) is 2. The van der Waals surface area contributed by atoms with Gasteiger partial charge in [-0.15, -0.1) is 11.3 Å². The van der Waals surface area contributed by atoms with Crippen molar-refractivity contribution in [2.24, 2.45) is 0 Å². The Kier molecular flexibility index (Phi) is 4.62. The molecule has 0 spiro atoms. The van der Waals surface area contributed by atoms with Crippen molar-refractivity contribution >= 4 is 28.7 Å². The first kappa shape index (κ1) is 16.2. The standard InChI is InChI=1S/C19H19N3OS/c1-12-7-8-17(13(2)9-12)22-19(23)21-16-6-4-5-15(10-16)18-11-24-14(3)20-18/h4-11H,1-3H3,(H2,21,22,23). The van der Waals surface area contributed by atoms with E-state index in [4.69, 9.17) is 0 Å². The molecule has 1 heterocycles. The summed E-state index contributed by atoms with van der Waals surface area (Å²) in [6.07, 6.45) is 0. The molecule has 4 nitrogen and oxygen atoms in total. The third-order valence-corrected chi connectivity index (χ3v) is 4.44. The molecule has 0 aliphatic rings. The fraction of sp³-hybridized carbons (Fsp3) is 0.158. The van der Waals surface area contributed by atoms with E-state index in [2.05, 4.69) is 15.6 Å². The average Bonchev–Trinajstić information content (AvgIpc) is 2.97. The molecule has 5 heteroatoms. The zero-order chi connectivity index (χ0) is 17.1. The van der Waals surface area contributed by atoms with Crippen molar-refractivity contribution in [3.05, 3.63) is 64.0 Å². The summed E-state index contributed by atoms with van der Waals surface area (Å²) in [4.78, 5) is 16.7. The second-order valence-corrected chi connectivity index (χ2v) is 6.79. The highest BCUT2D eigenvalue weighted by atomic mass is 32.1. The summed E-state index contributed by atoms with van der Waals surface area (Å²) >= 11 is 1.61. The molecule has 1 aromatic heterocycles. The number of amides is 2. The number of rotatable bonds is 3. The lowest BCUT2D eigenvalue weighted by Gasteiger charge is -2.11. The van der Waals surface area contributed by atoms with E-state index in [9.17, 15) is 4.79 Å². The van der Waals surface area contributed by atoms with Crippen LogP contribution in [0.3, 0.4) is 0 Å². The number of nitrogens with one attached hydrogen (secondary N) is 2. The molecule has 3 rings (SSSR count). The molecule has 122 valence electrons. The van der Waals surface area contributed by atoms with E-state index in [0.717, 1.165) is 33.2 Å². The van der Waals surface area contributed by atoms with Gasteiger partial charge in [-0.05, 0) is 44.5 Å². The van der Waals surface area contributed by atoms with Gasteiger partial charge >= 0.3 is 6.03 Å². The van der Waals surface area contributed by atoms with E-state index < -0.39 is 0 Å². The van der Waals surface area contributed by atoms with Crippen molar-refractivity contribution in [1.29, 1.82) is 0 Å². The monoisotopic (exact) mass is 337 g/mol. The minimum absolute atomic E-state index is 0.256. The number of aryl methyl sites for hydroxylation is 3. The number of carbonyl (C=O) groups excluding carboxylic acids is 1. The molecule has 0 atom stereocenters. The van der Waals surface area contributed by atoms with Crippen LogP contribution < -0.4 is 10.6 Å². The van der Waals surface area contributed by atoms with Gasteiger partial charge in [0.2, 0.25) is 0 Å². The first-order chi connectivity index (χ1) is 11.5. The summed E-state index contributed by atoms with van der Waals surface area (Å²) in [5.74, 6) is 0. The lowest BCUT2D eigenvalue weighted by Crippen LogP contribution is -2.20. The van der Waals surface area contributed by atoms with Crippen molar-refractivity contribution in [3.8, 4) is 11.3 Å². The molecule has 3 aromatic rings. The third-order valence-electron chi connectivity index (χ3n) is 3.67. The smallest absolute Gasteiger partial charge is 0.308 e. The number of aromatic nitrogens is 1. The van der Waals surface area contributed by atoms with Gasteiger partial charge in [-0.2, -0.15) is 0 Å². The molecule has 24 heavy (non-hydrogen) atoms. The fourth-order valence-corrected chi connectivity index (χ4v) is 3.11. The van der Waals surface area contributed by atoms with Gasteiger partial charge in [0.15, 0.2) is 0 Å². The topological polar surface area (TPSA) is 54.0 Å². The number of carbonyl (C=O) groups is 1. The third kappa shape index (κ3) is 3.81. The Labute approximate surface area is 145 Å². The highest BCUT2D eigenvalue weighted by Gasteiger charge is 2.07. The van der Waals surface area contributed by atoms with E-state index in [1.165, 1.54) is 5.56 Å². The van der Waals surface area contributed by atoms with Crippen LogP contribution in [0.1, 0.15) is 16.1 Å². The number of benzene rings is 2. The van der Waals surface area contributed by atoms with E-state index in [1.54, 1.807) is 11.3 Å². The van der Waals surface area contributed by atoms with Crippen LogP contribution in [-0.2, 0) is 0 Å². The maximum Gasteiger partial charge on any atom is 0.323 e. The van der Waals surface area contributed by atoms with Gasteiger partial charge < -0.3 is 10.6 Å². The van der Waals surface area contributed by atoms with Crippen molar-refractivity contribution < 1.29 is 4.79 Å². The Morgan fingerprint density at radius 3 is 2.58 bits per heavy atom. The second kappa shape index (κ2) is 6.84. The van der Waals surface area contributed by atoms with Gasteiger partial charge in [0.05, 0.1) is 10.7 Å².